The van der Waals surface area contributed by atoms with Crippen LogP contribution in [-0.2, 0) is 19.1 Å². The zero-order chi connectivity index (χ0) is 25.0. The molecule has 200 valence electrons. The Hall–Kier alpha value is -1.06. The summed E-state index contributed by atoms with van der Waals surface area (Å²) in [6, 6.07) is 0. The van der Waals surface area contributed by atoms with Crippen molar-refractivity contribution >= 4 is 11.9 Å². The van der Waals surface area contributed by atoms with Gasteiger partial charge < -0.3 is 9.47 Å². The lowest BCUT2D eigenvalue weighted by Crippen LogP contribution is -2.40. The van der Waals surface area contributed by atoms with Crippen LogP contribution < -0.4 is 0 Å². The predicted molar refractivity (Wildman–Crippen MR) is 140 cm³/mol. The molecule has 4 fully saturated rings. The van der Waals surface area contributed by atoms with Gasteiger partial charge in [-0.3, -0.25) is 9.59 Å². The molecular weight excluding hydrogens is 436 g/mol. The van der Waals surface area contributed by atoms with Gasteiger partial charge in [-0.25, -0.2) is 0 Å². The van der Waals surface area contributed by atoms with E-state index in [4.69, 9.17) is 9.47 Å². The van der Waals surface area contributed by atoms with Crippen LogP contribution in [0.1, 0.15) is 130 Å². The Labute approximate surface area is 214 Å². The summed E-state index contributed by atoms with van der Waals surface area (Å²) in [6.45, 7) is 9.52. The van der Waals surface area contributed by atoms with Crippen LogP contribution in [0.3, 0.4) is 0 Å². The summed E-state index contributed by atoms with van der Waals surface area (Å²) in [7, 11) is 0. The minimum Gasteiger partial charge on any atom is -0.462 e. The summed E-state index contributed by atoms with van der Waals surface area (Å²) in [6.07, 6.45) is 17.8. The van der Waals surface area contributed by atoms with E-state index in [1.165, 1.54) is 51.4 Å². The molecule has 4 saturated carbocycles. The number of hydrogen-bond donors (Lipinski definition) is 0. The van der Waals surface area contributed by atoms with E-state index < -0.39 is 0 Å². The van der Waals surface area contributed by atoms with Crippen molar-refractivity contribution in [2.45, 2.75) is 143 Å². The SMILES string of the molecule is CC1CCC(C(=O)OC2CCC(C(C)(C)C3CCC(OC(=O)C4CCC(C)CC4)CC3)CC2)CC1. The van der Waals surface area contributed by atoms with Crippen molar-refractivity contribution in [2.75, 3.05) is 0 Å². The Morgan fingerprint density at radius 1 is 0.514 bits per heavy atom. The molecular formula is C31H52O4. The fraction of sp³-hybridized carbons (Fsp3) is 0.935. The lowest BCUT2D eigenvalue weighted by atomic mass is 9.60. The van der Waals surface area contributed by atoms with Gasteiger partial charge >= 0.3 is 11.9 Å². The zero-order valence-electron chi connectivity index (χ0n) is 23.1. The van der Waals surface area contributed by atoms with Crippen LogP contribution in [0.2, 0.25) is 0 Å². The molecule has 0 radical (unpaired) electrons. The number of rotatable bonds is 6. The maximum atomic E-state index is 12.7. The van der Waals surface area contributed by atoms with Crippen molar-refractivity contribution in [2.24, 2.45) is 40.9 Å². The molecule has 4 aliphatic carbocycles. The number of esters is 2. The molecule has 0 aliphatic heterocycles. The molecule has 0 aromatic rings. The van der Waals surface area contributed by atoms with Gasteiger partial charge in [-0.1, -0.05) is 27.7 Å². The van der Waals surface area contributed by atoms with E-state index in [-0.39, 0.29) is 36.0 Å². The molecule has 0 bridgehead atoms. The Balaban J connectivity index is 1.17. The van der Waals surface area contributed by atoms with Crippen molar-refractivity contribution in [3.8, 4) is 0 Å². The monoisotopic (exact) mass is 488 g/mol. The van der Waals surface area contributed by atoms with Gasteiger partial charge in [0.1, 0.15) is 12.2 Å². The van der Waals surface area contributed by atoms with Crippen LogP contribution in [0.25, 0.3) is 0 Å². The molecule has 0 saturated heterocycles. The van der Waals surface area contributed by atoms with E-state index in [2.05, 4.69) is 27.7 Å². The van der Waals surface area contributed by atoms with Gasteiger partial charge in [-0.2, -0.15) is 0 Å². The molecule has 4 rings (SSSR count). The molecule has 35 heavy (non-hydrogen) atoms. The largest absolute Gasteiger partial charge is 0.462 e. The lowest BCUT2D eigenvalue weighted by molar-refractivity contribution is -0.158. The van der Waals surface area contributed by atoms with Crippen molar-refractivity contribution in [1.29, 1.82) is 0 Å². The number of ether oxygens (including phenoxy) is 2. The van der Waals surface area contributed by atoms with E-state index in [1.54, 1.807) is 0 Å². The first-order valence-corrected chi connectivity index (χ1v) is 15.1. The average molecular weight is 489 g/mol. The molecule has 0 unspecified atom stereocenters. The van der Waals surface area contributed by atoms with Crippen LogP contribution in [0.15, 0.2) is 0 Å². The molecule has 0 spiro atoms. The highest BCUT2D eigenvalue weighted by Gasteiger charge is 2.42. The standard InChI is InChI=1S/C31H52O4/c1-21-5-9-23(10-6-21)29(32)34-27-17-13-25(14-18-27)31(3,4)26-15-19-28(20-16-26)35-30(33)24-11-7-22(2)8-12-24/h21-28H,5-20H2,1-4H3. The second-order valence-electron chi connectivity index (χ2n) is 13.6. The summed E-state index contributed by atoms with van der Waals surface area (Å²) in [5.41, 5.74) is 0.295. The van der Waals surface area contributed by atoms with Crippen molar-refractivity contribution in [3.63, 3.8) is 0 Å². The summed E-state index contributed by atoms with van der Waals surface area (Å²) in [4.78, 5) is 25.3. The van der Waals surface area contributed by atoms with Crippen LogP contribution >= 0.6 is 0 Å². The third kappa shape index (κ3) is 7.04. The van der Waals surface area contributed by atoms with Crippen LogP contribution in [-0.4, -0.2) is 24.1 Å². The average Bonchev–Trinajstić information content (AvgIpc) is 2.85. The van der Waals surface area contributed by atoms with E-state index >= 15 is 0 Å². The van der Waals surface area contributed by atoms with E-state index in [0.29, 0.717) is 17.3 Å². The highest BCUT2D eigenvalue weighted by Crippen LogP contribution is 2.49. The maximum absolute atomic E-state index is 12.7. The first kappa shape index (κ1) is 27.0. The predicted octanol–water partition coefficient (Wildman–Crippen LogP) is 7.87. The Kier molecular flexibility index (Phi) is 9.25. The smallest absolute Gasteiger partial charge is 0.309 e. The number of carbonyl (C=O) groups is 2. The topological polar surface area (TPSA) is 52.6 Å². The van der Waals surface area contributed by atoms with Crippen molar-refractivity contribution < 1.29 is 19.1 Å². The number of hydrogen-bond acceptors (Lipinski definition) is 4. The molecule has 0 aromatic heterocycles. The number of carbonyl (C=O) groups excluding carboxylic acids is 2. The Morgan fingerprint density at radius 3 is 1.14 bits per heavy atom. The summed E-state index contributed by atoms with van der Waals surface area (Å²) >= 11 is 0. The quantitative estimate of drug-likeness (QED) is 0.357. The normalized spacial score (nSPS) is 39.0. The van der Waals surface area contributed by atoms with Gasteiger partial charge in [0.15, 0.2) is 0 Å². The van der Waals surface area contributed by atoms with E-state index in [0.717, 1.165) is 63.2 Å². The summed E-state index contributed by atoms with van der Waals surface area (Å²) < 4.78 is 12.0. The Morgan fingerprint density at radius 2 is 0.829 bits per heavy atom. The molecule has 0 N–H and O–H groups in total. The van der Waals surface area contributed by atoms with Gasteiger partial charge in [0, 0.05) is 0 Å². The molecule has 0 amide bonds. The molecule has 4 nitrogen and oxygen atoms in total. The van der Waals surface area contributed by atoms with Crippen molar-refractivity contribution in [3.05, 3.63) is 0 Å². The fourth-order valence-electron chi connectivity index (χ4n) is 7.70. The maximum Gasteiger partial charge on any atom is 0.309 e. The highest BCUT2D eigenvalue weighted by molar-refractivity contribution is 5.73. The van der Waals surface area contributed by atoms with Crippen molar-refractivity contribution in [1.82, 2.24) is 0 Å². The third-order valence-electron chi connectivity index (χ3n) is 10.7. The zero-order valence-corrected chi connectivity index (χ0v) is 23.1. The van der Waals surface area contributed by atoms with Gasteiger partial charge in [0.25, 0.3) is 0 Å². The van der Waals surface area contributed by atoms with Gasteiger partial charge in [-0.05, 0) is 132 Å². The minimum atomic E-state index is 0.0789. The first-order valence-electron chi connectivity index (χ1n) is 15.1. The van der Waals surface area contributed by atoms with Gasteiger partial charge in [0.2, 0.25) is 0 Å². The molecule has 0 atom stereocenters. The van der Waals surface area contributed by atoms with Crippen LogP contribution in [0.4, 0.5) is 0 Å². The highest BCUT2D eigenvalue weighted by atomic mass is 16.5. The van der Waals surface area contributed by atoms with Crippen LogP contribution in [0.5, 0.6) is 0 Å². The summed E-state index contributed by atoms with van der Waals surface area (Å²) in [5.74, 6) is 3.37. The van der Waals surface area contributed by atoms with Crippen LogP contribution in [0, 0.1) is 40.9 Å². The molecule has 4 aliphatic rings. The lowest BCUT2D eigenvalue weighted by Gasteiger charge is -2.46. The fourth-order valence-corrected chi connectivity index (χ4v) is 7.70. The summed E-state index contributed by atoms with van der Waals surface area (Å²) in [5, 5.41) is 0. The second-order valence-corrected chi connectivity index (χ2v) is 13.6. The van der Waals surface area contributed by atoms with E-state index in [1.807, 2.05) is 0 Å². The Bertz CT molecular complexity index is 625. The molecule has 0 aromatic carbocycles. The second kappa shape index (κ2) is 12.0. The van der Waals surface area contributed by atoms with E-state index in [9.17, 15) is 9.59 Å². The first-order chi connectivity index (χ1) is 16.7. The minimum absolute atomic E-state index is 0.0789. The van der Waals surface area contributed by atoms with Gasteiger partial charge in [-0.15, -0.1) is 0 Å². The molecule has 4 heteroatoms. The molecule has 0 heterocycles. The van der Waals surface area contributed by atoms with Gasteiger partial charge in [0.05, 0.1) is 11.8 Å². The third-order valence-corrected chi connectivity index (χ3v) is 10.7.